The Balaban J connectivity index is 1.75. The maximum absolute atomic E-state index is 12.4. The van der Waals surface area contributed by atoms with Crippen molar-refractivity contribution < 1.29 is 24.2 Å². The Morgan fingerprint density at radius 2 is 1.79 bits per heavy atom. The van der Waals surface area contributed by atoms with Crippen LogP contribution in [0.15, 0.2) is 30.3 Å². The molecule has 0 radical (unpaired) electrons. The van der Waals surface area contributed by atoms with Crippen LogP contribution in [0.2, 0.25) is 0 Å². The Hall–Kier alpha value is -2.61. The van der Waals surface area contributed by atoms with Gasteiger partial charge in [0, 0.05) is 38.6 Å². The number of aliphatic carboxylic acids is 1. The van der Waals surface area contributed by atoms with Gasteiger partial charge in [0.15, 0.2) is 0 Å². The normalized spacial score (nSPS) is 16.7. The highest BCUT2D eigenvalue weighted by molar-refractivity contribution is 5.81. The molecule has 1 aliphatic heterocycles. The van der Waals surface area contributed by atoms with Gasteiger partial charge in [-0.2, -0.15) is 0 Å². The van der Waals surface area contributed by atoms with Gasteiger partial charge in [-0.3, -0.25) is 9.69 Å². The third-order valence-corrected chi connectivity index (χ3v) is 5.33. The molecular formula is C21H31N3O5. The average Bonchev–Trinajstić information content (AvgIpc) is 2.75. The van der Waals surface area contributed by atoms with E-state index in [1.54, 1.807) is 4.90 Å². The summed E-state index contributed by atoms with van der Waals surface area (Å²) in [5.74, 6) is -1.27. The third kappa shape index (κ3) is 7.38. The van der Waals surface area contributed by atoms with E-state index in [1.165, 1.54) is 0 Å². The van der Waals surface area contributed by atoms with Gasteiger partial charge >= 0.3 is 12.1 Å². The monoisotopic (exact) mass is 405 g/mol. The predicted molar refractivity (Wildman–Crippen MR) is 108 cm³/mol. The summed E-state index contributed by atoms with van der Waals surface area (Å²) in [5.41, 5.74) is 0.807. The number of hydrogen-bond acceptors (Lipinski definition) is 5. The summed E-state index contributed by atoms with van der Waals surface area (Å²) < 4.78 is 5.06. The molecule has 8 nitrogen and oxygen atoms in total. The summed E-state index contributed by atoms with van der Waals surface area (Å²) in [5, 5.41) is 11.7. The maximum Gasteiger partial charge on any atom is 0.408 e. The number of rotatable bonds is 9. The maximum atomic E-state index is 12.4. The number of amides is 2. The largest absolute Gasteiger partial charge is 0.480 e. The van der Waals surface area contributed by atoms with Crippen LogP contribution >= 0.6 is 0 Å². The number of piperazine rings is 1. The molecule has 1 aromatic carbocycles. The standard InChI is InChI=1S/C21H31N3O5/c1-3-16(2)23-11-13-24(14-12-23)19(25)10-9-18(20(26)27)22-21(28)29-15-17-7-5-4-6-8-17/h4-8,16,18H,3,9-15H2,1-2H3,(H,22,28)(H,26,27)/t16?,18-/m0/s1. The third-order valence-electron chi connectivity index (χ3n) is 5.33. The van der Waals surface area contributed by atoms with E-state index in [2.05, 4.69) is 24.1 Å². The van der Waals surface area contributed by atoms with Crippen LogP contribution in [-0.4, -0.2) is 71.1 Å². The fourth-order valence-electron chi connectivity index (χ4n) is 3.26. The molecule has 0 aliphatic carbocycles. The lowest BCUT2D eigenvalue weighted by atomic mass is 10.1. The number of alkyl carbamates (subject to hydrolysis) is 1. The first-order valence-electron chi connectivity index (χ1n) is 10.1. The Kier molecular flexibility index (Phi) is 8.92. The molecule has 1 fully saturated rings. The minimum Gasteiger partial charge on any atom is -0.480 e. The van der Waals surface area contributed by atoms with Crippen molar-refractivity contribution in [1.82, 2.24) is 15.1 Å². The van der Waals surface area contributed by atoms with Gasteiger partial charge < -0.3 is 20.1 Å². The van der Waals surface area contributed by atoms with Gasteiger partial charge in [0.25, 0.3) is 0 Å². The lowest BCUT2D eigenvalue weighted by Crippen LogP contribution is -2.51. The van der Waals surface area contributed by atoms with Crippen LogP contribution in [-0.2, 0) is 20.9 Å². The topological polar surface area (TPSA) is 99.2 Å². The second-order valence-electron chi connectivity index (χ2n) is 7.31. The van der Waals surface area contributed by atoms with E-state index < -0.39 is 18.1 Å². The highest BCUT2D eigenvalue weighted by Crippen LogP contribution is 2.11. The van der Waals surface area contributed by atoms with Crippen LogP contribution in [0.1, 0.15) is 38.7 Å². The van der Waals surface area contributed by atoms with Gasteiger partial charge in [0.1, 0.15) is 12.6 Å². The molecule has 2 N–H and O–H groups in total. The van der Waals surface area contributed by atoms with Crippen molar-refractivity contribution in [2.45, 2.75) is 51.8 Å². The molecule has 8 heteroatoms. The summed E-state index contributed by atoms with van der Waals surface area (Å²) in [6.07, 6.45) is 0.357. The van der Waals surface area contributed by atoms with E-state index in [1.807, 2.05) is 30.3 Å². The Morgan fingerprint density at radius 3 is 2.38 bits per heavy atom. The Bertz CT molecular complexity index is 674. The molecule has 1 saturated heterocycles. The van der Waals surface area contributed by atoms with Crippen LogP contribution in [0, 0.1) is 0 Å². The number of nitrogens with zero attached hydrogens (tertiary/aromatic N) is 2. The zero-order valence-electron chi connectivity index (χ0n) is 17.2. The van der Waals surface area contributed by atoms with E-state index in [-0.39, 0.29) is 25.4 Å². The van der Waals surface area contributed by atoms with E-state index >= 15 is 0 Å². The smallest absolute Gasteiger partial charge is 0.408 e. The summed E-state index contributed by atoms with van der Waals surface area (Å²) >= 11 is 0. The van der Waals surface area contributed by atoms with Gasteiger partial charge in [-0.25, -0.2) is 9.59 Å². The molecule has 2 rings (SSSR count). The van der Waals surface area contributed by atoms with Gasteiger partial charge in [-0.05, 0) is 25.3 Å². The molecule has 1 unspecified atom stereocenters. The quantitative estimate of drug-likeness (QED) is 0.653. The first kappa shape index (κ1) is 22.7. The number of benzene rings is 1. The summed E-state index contributed by atoms with van der Waals surface area (Å²) in [6.45, 7) is 7.32. The summed E-state index contributed by atoms with van der Waals surface area (Å²) in [6, 6.07) is 8.45. The Labute approximate surface area is 171 Å². The zero-order chi connectivity index (χ0) is 21.2. The molecular weight excluding hydrogens is 374 g/mol. The molecule has 0 spiro atoms. The van der Waals surface area contributed by atoms with Gasteiger partial charge in [-0.1, -0.05) is 37.3 Å². The van der Waals surface area contributed by atoms with Crippen LogP contribution in [0.25, 0.3) is 0 Å². The molecule has 1 heterocycles. The number of carboxylic acid groups (broad SMARTS) is 1. The second kappa shape index (κ2) is 11.4. The number of nitrogens with one attached hydrogen (secondary N) is 1. The van der Waals surface area contributed by atoms with Gasteiger partial charge in [-0.15, -0.1) is 0 Å². The van der Waals surface area contributed by atoms with Crippen molar-refractivity contribution in [3.63, 3.8) is 0 Å². The predicted octanol–water partition coefficient (Wildman–Crippen LogP) is 2.09. The van der Waals surface area contributed by atoms with E-state index in [0.717, 1.165) is 25.1 Å². The van der Waals surface area contributed by atoms with Crippen LogP contribution in [0.4, 0.5) is 4.79 Å². The molecule has 29 heavy (non-hydrogen) atoms. The molecule has 0 bridgehead atoms. The van der Waals surface area contributed by atoms with Crippen molar-refractivity contribution in [3.8, 4) is 0 Å². The van der Waals surface area contributed by atoms with Gasteiger partial charge in [0.2, 0.25) is 5.91 Å². The van der Waals surface area contributed by atoms with Crippen LogP contribution in [0.5, 0.6) is 0 Å². The molecule has 2 amide bonds. The second-order valence-corrected chi connectivity index (χ2v) is 7.31. The average molecular weight is 405 g/mol. The van der Waals surface area contributed by atoms with E-state index in [4.69, 9.17) is 4.74 Å². The van der Waals surface area contributed by atoms with Gasteiger partial charge in [0.05, 0.1) is 0 Å². The minimum absolute atomic E-state index is 0.0280. The number of carbonyl (C=O) groups excluding carboxylic acids is 2. The first-order valence-corrected chi connectivity index (χ1v) is 10.1. The molecule has 2 atom stereocenters. The first-order chi connectivity index (χ1) is 13.9. The van der Waals surface area contributed by atoms with Crippen molar-refractivity contribution in [3.05, 3.63) is 35.9 Å². The highest BCUT2D eigenvalue weighted by Gasteiger charge is 2.26. The van der Waals surface area contributed by atoms with Crippen molar-refractivity contribution >= 4 is 18.0 Å². The van der Waals surface area contributed by atoms with E-state index in [9.17, 15) is 19.5 Å². The minimum atomic E-state index is -1.18. The zero-order valence-corrected chi connectivity index (χ0v) is 17.2. The molecule has 1 aliphatic rings. The van der Waals surface area contributed by atoms with Crippen LogP contribution < -0.4 is 5.32 Å². The molecule has 0 aromatic heterocycles. The lowest BCUT2D eigenvalue weighted by Gasteiger charge is -2.38. The van der Waals surface area contributed by atoms with Crippen molar-refractivity contribution in [1.29, 1.82) is 0 Å². The number of ether oxygens (including phenoxy) is 1. The summed E-state index contributed by atoms with van der Waals surface area (Å²) in [7, 11) is 0. The fourth-order valence-corrected chi connectivity index (χ4v) is 3.26. The van der Waals surface area contributed by atoms with Crippen LogP contribution in [0.3, 0.4) is 0 Å². The Morgan fingerprint density at radius 1 is 1.14 bits per heavy atom. The molecule has 160 valence electrons. The molecule has 1 aromatic rings. The van der Waals surface area contributed by atoms with E-state index in [0.29, 0.717) is 19.1 Å². The summed E-state index contributed by atoms with van der Waals surface area (Å²) in [4.78, 5) is 39.9. The number of carbonyl (C=O) groups is 3. The highest BCUT2D eigenvalue weighted by atomic mass is 16.5. The van der Waals surface area contributed by atoms with Crippen molar-refractivity contribution in [2.24, 2.45) is 0 Å². The van der Waals surface area contributed by atoms with Crippen molar-refractivity contribution in [2.75, 3.05) is 26.2 Å². The SMILES string of the molecule is CCC(C)N1CCN(C(=O)CC[C@H](NC(=O)OCc2ccccc2)C(=O)O)CC1. The lowest BCUT2D eigenvalue weighted by molar-refractivity contribution is -0.140. The number of hydrogen-bond donors (Lipinski definition) is 2. The fraction of sp³-hybridized carbons (Fsp3) is 0.571. The number of carboxylic acids is 1. The molecule has 0 saturated carbocycles.